The SMILES string of the molecule is CCc1nc(CC)n(CC(=O)c2cc(C)n(C)c2C)n1. The molecule has 2 heterocycles. The van der Waals surface area contributed by atoms with Crippen LogP contribution in [0.1, 0.15) is 47.2 Å². The van der Waals surface area contributed by atoms with E-state index >= 15 is 0 Å². The minimum absolute atomic E-state index is 0.0912. The summed E-state index contributed by atoms with van der Waals surface area (Å²) in [4.78, 5) is 16.9. The van der Waals surface area contributed by atoms with Gasteiger partial charge in [0.1, 0.15) is 12.4 Å². The van der Waals surface area contributed by atoms with E-state index in [0.29, 0.717) is 0 Å². The highest BCUT2D eigenvalue weighted by Crippen LogP contribution is 2.15. The zero-order valence-electron chi connectivity index (χ0n) is 12.9. The normalized spacial score (nSPS) is 11.1. The number of ketones is 1. The van der Waals surface area contributed by atoms with Crippen LogP contribution in [0.3, 0.4) is 0 Å². The first-order valence-corrected chi connectivity index (χ1v) is 7.06. The van der Waals surface area contributed by atoms with Crippen molar-refractivity contribution in [3.8, 4) is 0 Å². The van der Waals surface area contributed by atoms with Gasteiger partial charge in [0.15, 0.2) is 11.6 Å². The minimum atomic E-state index is 0.0912. The molecule has 0 saturated heterocycles. The summed E-state index contributed by atoms with van der Waals surface area (Å²) in [6.07, 6.45) is 1.57. The number of Topliss-reactive ketones (excluding diaryl/α,β-unsaturated/α-hetero) is 1. The van der Waals surface area contributed by atoms with Crippen molar-refractivity contribution in [1.29, 1.82) is 0 Å². The molecule has 2 aromatic rings. The molecule has 0 atom stereocenters. The predicted molar refractivity (Wildman–Crippen MR) is 78.0 cm³/mol. The van der Waals surface area contributed by atoms with Gasteiger partial charge in [0, 0.05) is 36.8 Å². The number of aryl methyl sites for hydroxylation is 3. The zero-order chi connectivity index (χ0) is 14.9. The Balaban J connectivity index is 2.27. The maximum atomic E-state index is 12.5. The van der Waals surface area contributed by atoms with Gasteiger partial charge in [-0.1, -0.05) is 13.8 Å². The molecule has 2 rings (SSSR count). The summed E-state index contributed by atoms with van der Waals surface area (Å²) in [6, 6.07) is 1.95. The molecule has 0 aromatic carbocycles. The van der Waals surface area contributed by atoms with Gasteiger partial charge in [-0.2, -0.15) is 5.10 Å². The Labute approximate surface area is 119 Å². The second kappa shape index (κ2) is 5.61. The monoisotopic (exact) mass is 274 g/mol. The van der Waals surface area contributed by atoms with E-state index in [0.717, 1.165) is 41.4 Å². The molecule has 2 aromatic heterocycles. The fraction of sp³-hybridized carbons (Fsp3) is 0.533. The van der Waals surface area contributed by atoms with Crippen LogP contribution < -0.4 is 0 Å². The predicted octanol–water partition coefficient (Wildman–Crippen LogP) is 2.24. The molecular weight excluding hydrogens is 252 g/mol. The Bertz CT molecular complexity index is 637. The molecule has 0 aliphatic heterocycles. The van der Waals surface area contributed by atoms with E-state index < -0.39 is 0 Å². The van der Waals surface area contributed by atoms with E-state index in [1.165, 1.54) is 0 Å². The fourth-order valence-corrected chi connectivity index (χ4v) is 2.32. The summed E-state index contributed by atoms with van der Waals surface area (Å²) in [7, 11) is 1.98. The van der Waals surface area contributed by atoms with Crippen LogP contribution in [0, 0.1) is 13.8 Å². The van der Waals surface area contributed by atoms with Crippen molar-refractivity contribution in [3.63, 3.8) is 0 Å². The number of rotatable bonds is 5. The number of carbonyl (C=O) groups is 1. The van der Waals surface area contributed by atoms with Gasteiger partial charge in [-0.05, 0) is 19.9 Å². The molecule has 5 nitrogen and oxygen atoms in total. The van der Waals surface area contributed by atoms with Gasteiger partial charge in [0.05, 0.1) is 0 Å². The lowest BCUT2D eigenvalue weighted by molar-refractivity contribution is 0.0965. The van der Waals surface area contributed by atoms with Crippen molar-refractivity contribution in [1.82, 2.24) is 19.3 Å². The summed E-state index contributed by atoms with van der Waals surface area (Å²) >= 11 is 0. The van der Waals surface area contributed by atoms with Gasteiger partial charge >= 0.3 is 0 Å². The minimum Gasteiger partial charge on any atom is -0.351 e. The topological polar surface area (TPSA) is 52.7 Å². The van der Waals surface area contributed by atoms with E-state index in [4.69, 9.17) is 0 Å². The highest BCUT2D eigenvalue weighted by atomic mass is 16.1. The van der Waals surface area contributed by atoms with Crippen molar-refractivity contribution in [3.05, 3.63) is 34.7 Å². The first-order chi connectivity index (χ1) is 9.47. The van der Waals surface area contributed by atoms with Gasteiger partial charge in [-0.15, -0.1) is 0 Å². The van der Waals surface area contributed by atoms with Crippen LogP contribution in [0.15, 0.2) is 6.07 Å². The van der Waals surface area contributed by atoms with Gasteiger partial charge in [0.2, 0.25) is 0 Å². The third-order valence-corrected chi connectivity index (χ3v) is 3.79. The molecule has 0 fully saturated rings. The molecule has 0 aliphatic carbocycles. The molecule has 108 valence electrons. The van der Waals surface area contributed by atoms with Crippen LogP contribution in [0.5, 0.6) is 0 Å². The van der Waals surface area contributed by atoms with Gasteiger partial charge in [-0.3, -0.25) is 4.79 Å². The fourth-order valence-electron chi connectivity index (χ4n) is 2.32. The van der Waals surface area contributed by atoms with Crippen molar-refractivity contribution in [2.75, 3.05) is 0 Å². The average molecular weight is 274 g/mol. The number of nitrogens with zero attached hydrogens (tertiary/aromatic N) is 4. The van der Waals surface area contributed by atoms with E-state index in [1.807, 2.05) is 45.4 Å². The lowest BCUT2D eigenvalue weighted by Gasteiger charge is -2.04. The van der Waals surface area contributed by atoms with Crippen LogP contribution in [0.2, 0.25) is 0 Å². The smallest absolute Gasteiger partial charge is 0.186 e. The average Bonchev–Trinajstić information content (AvgIpc) is 2.94. The summed E-state index contributed by atoms with van der Waals surface area (Å²) < 4.78 is 3.77. The second-order valence-electron chi connectivity index (χ2n) is 5.08. The van der Waals surface area contributed by atoms with Crippen LogP contribution in [0.25, 0.3) is 0 Å². The second-order valence-corrected chi connectivity index (χ2v) is 5.08. The maximum absolute atomic E-state index is 12.5. The van der Waals surface area contributed by atoms with Crippen LogP contribution in [0.4, 0.5) is 0 Å². The third kappa shape index (κ3) is 2.53. The summed E-state index contributed by atoms with van der Waals surface area (Å²) in [5, 5.41) is 4.40. The molecule has 0 radical (unpaired) electrons. The lowest BCUT2D eigenvalue weighted by Crippen LogP contribution is -2.15. The summed E-state index contributed by atoms with van der Waals surface area (Å²) in [6.45, 7) is 8.29. The molecular formula is C15H22N4O. The van der Waals surface area contributed by atoms with E-state index in [2.05, 4.69) is 10.1 Å². The highest BCUT2D eigenvalue weighted by molar-refractivity contribution is 5.97. The van der Waals surface area contributed by atoms with E-state index in [1.54, 1.807) is 4.68 Å². The quantitative estimate of drug-likeness (QED) is 0.786. The van der Waals surface area contributed by atoms with Crippen molar-refractivity contribution in [2.45, 2.75) is 47.1 Å². The summed E-state index contributed by atoms with van der Waals surface area (Å²) in [5.41, 5.74) is 2.87. The third-order valence-electron chi connectivity index (χ3n) is 3.79. The molecule has 0 unspecified atom stereocenters. The Morgan fingerprint density at radius 3 is 2.45 bits per heavy atom. The van der Waals surface area contributed by atoms with Gasteiger partial charge < -0.3 is 4.57 Å². The molecule has 0 amide bonds. The standard InChI is InChI=1S/C15H22N4O/c1-6-14-16-15(7-2)19(17-14)9-13(20)12-8-10(3)18(5)11(12)4/h8H,6-7,9H2,1-5H3. The van der Waals surface area contributed by atoms with Crippen molar-refractivity contribution in [2.24, 2.45) is 7.05 Å². The Morgan fingerprint density at radius 1 is 1.25 bits per heavy atom. The van der Waals surface area contributed by atoms with Gasteiger partial charge in [0.25, 0.3) is 0 Å². The molecule has 0 bridgehead atoms. The number of hydrogen-bond acceptors (Lipinski definition) is 3. The van der Waals surface area contributed by atoms with E-state index in [-0.39, 0.29) is 12.3 Å². The number of hydrogen-bond donors (Lipinski definition) is 0. The number of aromatic nitrogens is 4. The largest absolute Gasteiger partial charge is 0.351 e. The van der Waals surface area contributed by atoms with E-state index in [9.17, 15) is 4.79 Å². The van der Waals surface area contributed by atoms with Crippen LogP contribution >= 0.6 is 0 Å². The summed E-state index contributed by atoms with van der Waals surface area (Å²) in [5.74, 6) is 1.77. The maximum Gasteiger partial charge on any atom is 0.186 e. The van der Waals surface area contributed by atoms with Crippen LogP contribution in [-0.4, -0.2) is 25.1 Å². The molecule has 0 saturated carbocycles. The Hall–Kier alpha value is -1.91. The Kier molecular flexibility index (Phi) is 4.06. The molecule has 5 heteroatoms. The van der Waals surface area contributed by atoms with Gasteiger partial charge in [-0.25, -0.2) is 9.67 Å². The highest BCUT2D eigenvalue weighted by Gasteiger charge is 2.17. The van der Waals surface area contributed by atoms with Crippen molar-refractivity contribution < 1.29 is 4.79 Å². The number of carbonyl (C=O) groups excluding carboxylic acids is 1. The van der Waals surface area contributed by atoms with Crippen LogP contribution in [-0.2, 0) is 26.4 Å². The Morgan fingerprint density at radius 2 is 1.95 bits per heavy atom. The van der Waals surface area contributed by atoms with Crippen molar-refractivity contribution >= 4 is 5.78 Å². The molecule has 0 spiro atoms. The molecule has 0 aliphatic rings. The molecule has 20 heavy (non-hydrogen) atoms. The zero-order valence-corrected chi connectivity index (χ0v) is 12.9. The first kappa shape index (κ1) is 14.5. The molecule has 0 N–H and O–H groups in total. The first-order valence-electron chi connectivity index (χ1n) is 7.06. The lowest BCUT2D eigenvalue weighted by atomic mass is 10.1.